The number of halogens is 2. The van der Waals surface area contributed by atoms with Crippen molar-refractivity contribution < 1.29 is 18.7 Å². The van der Waals surface area contributed by atoms with Gasteiger partial charge in [0.15, 0.2) is 0 Å². The average Bonchev–Trinajstić information content (AvgIpc) is 2.68. The van der Waals surface area contributed by atoms with Gasteiger partial charge in [0.25, 0.3) is 0 Å². The summed E-state index contributed by atoms with van der Waals surface area (Å²) in [6.45, 7) is 2.75. The van der Waals surface area contributed by atoms with Crippen LogP contribution in [0.2, 0.25) is 0 Å². The van der Waals surface area contributed by atoms with Crippen molar-refractivity contribution in [3.05, 3.63) is 40.1 Å². The van der Waals surface area contributed by atoms with Gasteiger partial charge >= 0.3 is 0 Å². The predicted molar refractivity (Wildman–Crippen MR) is 99.9 cm³/mol. The third-order valence-corrected chi connectivity index (χ3v) is 5.25. The summed E-state index contributed by atoms with van der Waals surface area (Å²) >= 11 is 3.30. The molecule has 0 spiro atoms. The molecule has 0 radical (unpaired) electrons. The van der Waals surface area contributed by atoms with Crippen LogP contribution in [-0.2, 0) is 14.3 Å². The van der Waals surface area contributed by atoms with Gasteiger partial charge in [-0.15, -0.1) is 0 Å². The maximum atomic E-state index is 13.8. The summed E-state index contributed by atoms with van der Waals surface area (Å²) in [5, 5.41) is 0. The first-order valence-electron chi connectivity index (χ1n) is 8.86. The monoisotopic (exact) mass is 424 g/mol. The van der Waals surface area contributed by atoms with Gasteiger partial charge in [-0.2, -0.15) is 0 Å². The Morgan fingerprint density at radius 1 is 1.19 bits per heavy atom. The van der Waals surface area contributed by atoms with Crippen LogP contribution in [0.15, 0.2) is 28.7 Å². The molecule has 1 aromatic rings. The van der Waals surface area contributed by atoms with Crippen LogP contribution < -0.4 is 0 Å². The second-order valence-electron chi connectivity index (χ2n) is 6.48. The normalized spacial score (nSPS) is 21.2. The molecule has 0 bridgehead atoms. The van der Waals surface area contributed by atoms with Crippen molar-refractivity contribution in [3.63, 3.8) is 0 Å². The number of morpholine rings is 1. The van der Waals surface area contributed by atoms with Crippen molar-refractivity contribution in [2.24, 2.45) is 0 Å². The number of likely N-dealkylation sites (tertiary alicyclic amines) is 1. The van der Waals surface area contributed by atoms with E-state index < -0.39 is 11.9 Å². The van der Waals surface area contributed by atoms with E-state index in [4.69, 9.17) is 4.74 Å². The molecule has 1 aromatic carbocycles. The van der Waals surface area contributed by atoms with Gasteiger partial charge in [0.05, 0.1) is 13.2 Å². The molecule has 3 rings (SSSR count). The third-order valence-electron chi connectivity index (χ3n) is 4.76. The largest absolute Gasteiger partial charge is 0.378 e. The minimum Gasteiger partial charge on any atom is -0.378 e. The lowest BCUT2D eigenvalue weighted by atomic mass is 10.00. The van der Waals surface area contributed by atoms with Gasteiger partial charge < -0.3 is 14.5 Å². The lowest BCUT2D eigenvalue weighted by molar-refractivity contribution is -0.148. The quantitative estimate of drug-likeness (QED) is 0.700. The molecule has 2 amide bonds. The van der Waals surface area contributed by atoms with Gasteiger partial charge in [0, 0.05) is 35.7 Å². The van der Waals surface area contributed by atoms with E-state index >= 15 is 0 Å². The minimum atomic E-state index is -0.439. The molecule has 2 heterocycles. The van der Waals surface area contributed by atoms with Crippen molar-refractivity contribution in [1.29, 1.82) is 0 Å². The molecule has 2 aliphatic rings. The fourth-order valence-electron chi connectivity index (χ4n) is 3.35. The molecule has 0 unspecified atom stereocenters. The molecule has 0 aromatic heterocycles. The molecule has 1 atom stereocenters. The molecule has 0 saturated carbocycles. The Labute approximate surface area is 160 Å². The number of rotatable bonds is 3. The smallest absolute Gasteiger partial charge is 0.247 e. The van der Waals surface area contributed by atoms with E-state index in [1.807, 2.05) is 0 Å². The Hall–Kier alpha value is -1.73. The number of benzene rings is 1. The van der Waals surface area contributed by atoms with Crippen LogP contribution in [-0.4, -0.2) is 60.5 Å². The van der Waals surface area contributed by atoms with Gasteiger partial charge in [-0.05, 0) is 43.5 Å². The van der Waals surface area contributed by atoms with E-state index in [0.717, 1.165) is 17.3 Å². The Morgan fingerprint density at radius 3 is 2.73 bits per heavy atom. The van der Waals surface area contributed by atoms with Crippen LogP contribution in [0.4, 0.5) is 4.39 Å². The van der Waals surface area contributed by atoms with E-state index in [9.17, 15) is 14.0 Å². The number of carbonyl (C=O) groups excluding carboxylic acids is 2. The van der Waals surface area contributed by atoms with Gasteiger partial charge in [-0.1, -0.05) is 15.9 Å². The first-order valence-corrected chi connectivity index (χ1v) is 9.66. The number of piperidine rings is 1. The summed E-state index contributed by atoms with van der Waals surface area (Å²) in [4.78, 5) is 28.9. The highest BCUT2D eigenvalue weighted by atomic mass is 79.9. The highest BCUT2D eigenvalue weighted by Crippen LogP contribution is 2.21. The standard InChI is InChI=1S/C19H22BrFN2O3/c20-15-5-6-16(21)14(13-15)4-7-18(24)23-8-2-1-3-17(23)19(25)22-9-11-26-12-10-22/h4-7,13,17H,1-3,8-12H2/b7-4-/t17-/m1/s1. The van der Waals surface area contributed by atoms with Crippen LogP contribution in [0.3, 0.4) is 0 Å². The van der Waals surface area contributed by atoms with Gasteiger partial charge in [-0.25, -0.2) is 4.39 Å². The highest BCUT2D eigenvalue weighted by Gasteiger charge is 2.34. The van der Waals surface area contributed by atoms with Crippen LogP contribution in [0.5, 0.6) is 0 Å². The summed E-state index contributed by atoms with van der Waals surface area (Å²) in [7, 11) is 0. The summed E-state index contributed by atoms with van der Waals surface area (Å²) < 4.78 is 19.9. The first kappa shape index (κ1) is 19.0. The van der Waals surface area contributed by atoms with Crippen LogP contribution in [0.25, 0.3) is 6.08 Å². The van der Waals surface area contributed by atoms with E-state index in [2.05, 4.69) is 15.9 Å². The summed E-state index contributed by atoms with van der Waals surface area (Å²) in [6.07, 6.45) is 5.29. The second-order valence-corrected chi connectivity index (χ2v) is 7.40. The van der Waals surface area contributed by atoms with Crippen molar-refractivity contribution in [1.82, 2.24) is 9.80 Å². The van der Waals surface area contributed by atoms with E-state index in [-0.39, 0.29) is 11.8 Å². The fourth-order valence-corrected chi connectivity index (χ4v) is 3.72. The third kappa shape index (κ3) is 4.51. The zero-order chi connectivity index (χ0) is 18.5. The lowest BCUT2D eigenvalue weighted by Gasteiger charge is -2.38. The Kier molecular flexibility index (Phi) is 6.43. The second kappa shape index (κ2) is 8.77. The molecule has 2 aliphatic heterocycles. The molecule has 7 heteroatoms. The highest BCUT2D eigenvalue weighted by molar-refractivity contribution is 9.10. The number of amides is 2. The van der Waals surface area contributed by atoms with Crippen LogP contribution in [0, 0.1) is 5.82 Å². The SMILES string of the molecule is O=C([C@H]1CCCCN1C(=O)/C=C\c1cc(Br)ccc1F)N1CCOCC1. The Morgan fingerprint density at radius 2 is 1.96 bits per heavy atom. The average molecular weight is 425 g/mol. The number of nitrogens with zero attached hydrogens (tertiary/aromatic N) is 2. The van der Waals surface area contributed by atoms with Gasteiger partial charge in [0.2, 0.25) is 11.8 Å². The van der Waals surface area contributed by atoms with Crippen molar-refractivity contribution in [3.8, 4) is 0 Å². The number of hydrogen-bond donors (Lipinski definition) is 0. The Bertz CT molecular complexity index is 704. The molecular weight excluding hydrogens is 403 g/mol. The zero-order valence-corrected chi connectivity index (χ0v) is 16.1. The van der Waals surface area contributed by atoms with Crippen molar-refractivity contribution >= 4 is 33.8 Å². The summed E-state index contributed by atoms with van der Waals surface area (Å²) in [5.74, 6) is -0.657. The van der Waals surface area contributed by atoms with Crippen molar-refractivity contribution in [2.45, 2.75) is 25.3 Å². The minimum absolute atomic E-state index is 0.0108. The number of ether oxygens (including phenoxy) is 1. The van der Waals surface area contributed by atoms with E-state index in [1.165, 1.54) is 18.2 Å². The maximum absolute atomic E-state index is 13.8. The number of carbonyl (C=O) groups is 2. The zero-order valence-electron chi connectivity index (χ0n) is 14.5. The number of hydrogen-bond acceptors (Lipinski definition) is 3. The molecule has 2 saturated heterocycles. The van der Waals surface area contributed by atoms with E-state index in [1.54, 1.807) is 21.9 Å². The molecule has 0 aliphatic carbocycles. The lowest BCUT2D eigenvalue weighted by Crippen LogP contribution is -2.54. The molecular formula is C19H22BrFN2O3. The van der Waals surface area contributed by atoms with Crippen LogP contribution in [0.1, 0.15) is 24.8 Å². The maximum Gasteiger partial charge on any atom is 0.247 e. The van der Waals surface area contributed by atoms with Crippen LogP contribution >= 0.6 is 15.9 Å². The topological polar surface area (TPSA) is 49.9 Å². The molecule has 140 valence electrons. The fraction of sp³-hybridized carbons (Fsp3) is 0.474. The summed E-state index contributed by atoms with van der Waals surface area (Å²) in [5.41, 5.74) is 0.334. The van der Waals surface area contributed by atoms with Crippen molar-refractivity contribution in [2.75, 3.05) is 32.8 Å². The molecule has 2 fully saturated rings. The van der Waals surface area contributed by atoms with E-state index in [0.29, 0.717) is 44.8 Å². The van der Waals surface area contributed by atoms with Gasteiger partial charge in [0.1, 0.15) is 11.9 Å². The summed E-state index contributed by atoms with van der Waals surface area (Å²) in [6, 6.07) is 4.13. The predicted octanol–water partition coefficient (Wildman–Crippen LogP) is 2.84. The Balaban J connectivity index is 1.72. The van der Waals surface area contributed by atoms with Gasteiger partial charge in [-0.3, -0.25) is 9.59 Å². The first-order chi connectivity index (χ1) is 12.6. The molecule has 0 N–H and O–H groups in total. The molecule has 26 heavy (non-hydrogen) atoms. The molecule has 5 nitrogen and oxygen atoms in total.